The minimum atomic E-state index is -2.57. The standard InChI is InChI=1S/C14H18F2N6O/c15-14(16)1-3-21(4-2-14)9-5-22(6-10(9)23)13-11-12(18-7-17-11)19-8-20-13/h7-10,23H,1-6H2,(H,17,18,19,20)/t9-,10-/m0/s1. The van der Waals surface area contributed by atoms with Crippen molar-refractivity contribution in [1.82, 2.24) is 24.8 Å². The Kier molecular flexibility index (Phi) is 3.42. The lowest BCUT2D eigenvalue weighted by atomic mass is 10.0. The van der Waals surface area contributed by atoms with Crippen molar-refractivity contribution in [3.05, 3.63) is 12.7 Å². The number of hydrogen-bond donors (Lipinski definition) is 2. The molecule has 9 heteroatoms. The Morgan fingerprint density at radius 1 is 1.17 bits per heavy atom. The highest BCUT2D eigenvalue weighted by Gasteiger charge is 2.42. The summed E-state index contributed by atoms with van der Waals surface area (Å²) in [6.45, 7) is 1.60. The molecule has 0 radical (unpaired) electrons. The molecule has 0 amide bonds. The third-order valence-corrected chi connectivity index (χ3v) is 4.76. The lowest BCUT2D eigenvalue weighted by Gasteiger charge is -2.36. The minimum absolute atomic E-state index is 0.144. The number of alkyl halides is 2. The molecular weight excluding hydrogens is 306 g/mol. The second-order valence-electron chi connectivity index (χ2n) is 6.23. The predicted molar refractivity (Wildman–Crippen MR) is 79.4 cm³/mol. The van der Waals surface area contributed by atoms with E-state index in [0.29, 0.717) is 37.6 Å². The SMILES string of the molecule is O[C@H]1CN(c2ncnc3nc[nH]c23)C[C@@H]1N1CCC(F)(F)CC1. The number of aliphatic hydroxyl groups is 1. The first-order valence-corrected chi connectivity index (χ1v) is 7.72. The van der Waals surface area contributed by atoms with Gasteiger partial charge in [0.05, 0.1) is 18.5 Å². The van der Waals surface area contributed by atoms with Crippen LogP contribution in [0.25, 0.3) is 11.2 Å². The Labute approximate surface area is 131 Å². The van der Waals surface area contributed by atoms with Crippen LogP contribution >= 0.6 is 0 Å². The Morgan fingerprint density at radius 3 is 2.74 bits per heavy atom. The minimum Gasteiger partial charge on any atom is -0.390 e. The van der Waals surface area contributed by atoms with E-state index in [4.69, 9.17) is 0 Å². The number of aliphatic hydroxyl groups excluding tert-OH is 1. The first kappa shape index (κ1) is 14.7. The van der Waals surface area contributed by atoms with Gasteiger partial charge < -0.3 is 15.0 Å². The van der Waals surface area contributed by atoms with Crippen LogP contribution in [0.2, 0.25) is 0 Å². The number of halogens is 2. The van der Waals surface area contributed by atoms with Gasteiger partial charge in [-0.2, -0.15) is 0 Å². The third kappa shape index (κ3) is 2.63. The summed E-state index contributed by atoms with van der Waals surface area (Å²) < 4.78 is 26.6. The van der Waals surface area contributed by atoms with Crippen LogP contribution in [0.15, 0.2) is 12.7 Å². The number of fused-ring (bicyclic) bond motifs is 1. The molecular formula is C14H18F2N6O. The van der Waals surface area contributed by atoms with E-state index < -0.39 is 12.0 Å². The summed E-state index contributed by atoms with van der Waals surface area (Å²) in [5, 5.41) is 10.4. The fraction of sp³-hybridized carbons (Fsp3) is 0.643. The largest absolute Gasteiger partial charge is 0.390 e. The summed E-state index contributed by atoms with van der Waals surface area (Å²) in [6, 6.07) is -0.154. The molecule has 0 bridgehead atoms. The van der Waals surface area contributed by atoms with Gasteiger partial charge in [0.2, 0.25) is 0 Å². The fourth-order valence-corrected chi connectivity index (χ4v) is 3.48. The molecule has 2 saturated heterocycles. The van der Waals surface area contributed by atoms with Crippen molar-refractivity contribution in [3.8, 4) is 0 Å². The number of β-amino-alcohol motifs (C(OH)–C–C–N with tert-alkyl or cyclic N) is 1. The van der Waals surface area contributed by atoms with Gasteiger partial charge in [-0.1, -0.05) is 0 Å². The molecule has 7 nitrogen and oxygen atoms in total. The molecule has 4 rings (SSSR count). The number of imidazole rings is 1. The van der Waals surface area contributed by atoms with Crippen molar-refractivity contribution in [2.75, 3.05) is 31.1 Å². The second kappa shape index (κ2) is 5.34. The smallest absolute Gasteiger partial charge is 0.250 e. The predicted octanol–water partition coefficient (Wildman–Crippen LogP) is 0.633. The van der Waals surface area contributed by atoms with E-state index >= 15 is 0 Å². The molecule has 4 heterocycles. The van der Waals surface area contributed by atoms with E-state index in [1.165, 1.54) is 6.33 Å². The van der Waals surface area contributed by atoms with E-state index in [2.05, 4.69) is 19.9 Å². The molecule has 23 heavy (non-hydrogen) atoms. The van der Waals surface area contributed by atoms with Gasteiger partial charge >= 0.3 is 0 Å². The number of piperidine rings is 1. The molecule has 2 aromatic heterocycles. The Hall–Kier alpha value is -1.87. The van der Waals surface area contributed by atoms with Gasteiger partial charge in [-0.25, -0.2) is 23.7 Å². The number of H-pyrrole nitrogens is 1. The van der Waals surface area contributed by atoms with Crippen molar-refractivity contribution in [1.29, 1.82) is 0 Å². The second-order valence-corrected chi connectivity index (χ2v) is 6.23. The number of hydrogen-bond acceptors (Lipinski definition) is 6. The third-order valence-electron chi connectivity index (χ3n) is 4.76. The number of likely N-dealkylation sites (tertiary alicyclic amines) is 1. The summed E-state index contributed by atoms with van der Waals surface area (Å²) in [6.07, 6.45) is 2.12. The van der Waals surface area contributed by atoms with Gasteiger partial charge in [0.15, 0.2) is 11.5 Å². The van der Waals surface area contributed by atoms with Gasteiger partial charge in [0, 0.05) is 39.0 Å². The first-order chi connectivity index (χ1) is 11.0. The van der Waals surface area contributed by atoms with Crippen LogP contribution in [0.5, 0.6) is 0 Å². The Morgan fingerprint density at radius 2 is 1.96 bits per heavy atom. The lowest BCUT2D eigenvalue weighted by Crippen LogP contribution is -2.49. The van der Waals surface area contributed by atoms with Crippen LogP contribution in [-0.2, 0) is 0 Å². The maximum absolute atomic E-state index is 13.3. The summed E-state index contributed by atoms with van der Waals surface area (Å²) in [5.41, 5.74) is 1.30. The van der Waals surface area contributed by atoms with Crippen molar-refractivity contribution in [2.24, 2.45) is 0 Å². The van der Waals surface area contributed by atoms with Crippen LogP contribution in [0.3, 0.4) is 0 Å². The zero-order chi connectivity index (χ0) is 16.0. The summed E-state index contributed by atoms with van der Waals surface area (Å²) in [7, 11) is 0. The quantitative estimate of drug-likeness (QED) is 0.843. The maximum atomic E-state index is 13.3. The van der Waals surface area contributed by atoms with Crippen molar-refractivity contribution in [3.63, 3.8) is 0 Å². The van der Waals surface area contributed by atoms with E-state index in [-0.39, 0.29) is 18.9 Å². The van der Waals surface area contributed by atoms with Crippen molar-refractivity contribution in [2.45, 2.75) is 30.9 Å². The molecule has 0 aromatic carbocycles. The molecule has 0 aliphatic carbocycles. The average molecular weight is 324 g/mol. The molecule has 2 N–H and O–H groups in total. The lowest BCUT2D eigenvalue weighted by molar-refractivity contribution is -0.0695. The molecule has 2 aliphatic heterocycles. The molecule has 2 atom stereocenters. The fourth-order valence-electron chi connectivity index (χ4n) is 3.48. The summed E-state index contributed by atoms with van der Waals surface area (Å²) in [4.78, 5) is 19.4. The molecule has 2 aromatic rings. The Bertz CT molecular complexity index is 697. The zero-order valence-electron chi connectivity index (χ0n) is 12.5. The highest BCUT2D eigenvalue weighted by atomic mass is 19.3. The van der Waals surface area contributed by atoms with Crippen molar-refractivity contribution >= 4 is 17.0 Å². The molecule has 2 fully saturated rings. The highest BCUT2D eigenvalue weighted by Crippen LogP contribution is 2.32. The van der Waals surface area contributed by atoms with Gasteiger partial charge in [0.1, 0.15) is 11.8 Å². The van der Waals surface area contributed by atoms with Crippen LogP contribution in [0.4, 0.5) is 14.6 Å². The van der Waals surface area contributed by atoms with Crippen molar-refractivity contribution < 1.29 is 13.9 Å². The monoisotopic (exact) mass is 324 g/mol. The molecule has 0 saturated carbocycles. The van der Waals surface area contributed by atoms with E-state index in [1.54, 1.807) is 6.33 Å². The van der Waals surface area contributed by atoms with E-state index in [1.807, 2.05) is 9.80 Å². The number of nitrogens with zero attached hydrogens (tertiary/aromatic N) is 5. The van der Waals surface area contributed by atoms with Crippen LogP contribution < -0.4 is 4.90 Å². The topological polar surface area (TPSA) is 81.2 Å². The van der Waals surface area contributed by atoms with Crippen LogP contribution in [0.1, 0.15) is 12.8 Å². The van der Waals surface area contributed by atoms with Gasteiger partial charge in [-0.05, 0) is 0 Å². The summed E-state index contributed by atoms with van der Waals surface area (Å²) in [5.74, 6) is -1.88. The molecule has 124 valence electrons. The number of nitrogens with one attached hydrogen (secondary N) is 1. The molecule has 0 spiro atoms. The van der Waals surface area contributed by atoms with E-state index in [0.717, 1.165) is 5.52 Å². The highest BCUT2D eigenvalue weighted by molar-refractivity contribution is 5.82. The normalized spacial score (nSPS) is 28.6. The van der Waals surface area contributed by atoms with Gasteiger partial charge in [-0.15, -0.1) is 0 Å². The number of rotatable bonds is 2. The van der Waals surface area contributed by atoms with E-state index in [9.17, 15) is 13.9 Å². The number of aromatic amines is 1. The van der Waals surface area contributed by atoms with Gasteiger partial charge in [0.25, 0.3) is 5.92 Å². The maximum Gasteiger partial charge on any atom is 0.250 e. The zero-order valence-corrected chi connectivity index (χ0v) is 12.5. The Balaban J connectivity index is 1.52. The average Bonchev–Trinajstić information content (AvgIpc) is 3.13. The number of aromatic nitrogens is 4. The van der Waals surface area contributed by atoms with Crippen LogP contribution in [-0.4, -0.2) is 74.2 Å². The first-order valence-electron chi connectivity index (χ1n) is 7.72. The number of anilines is 1. The molecule has 0 unspecified atom stereocenters. The molecule has 2 aliphatic rings. The van der Waals surface area contributed by atoms with Crippen LogP contribution in [0, 0.1) is 0 Å². The summed E-state index contributed by atoms with van der Waals surface area (Å²) >= 11 is 0. The van der Waals surface area contributed by atoms with Gasteiger partial charge in [-0.3, -0.25) is 4.90 Å².